The fraction of sp³-hybridized carbons (Fsp3) is 1.00. The highest BCUT2D eigenvalue weighted by Crippen LogP contribution is 2.31. The molecule has 0 amide bonds. The van der Waals surface area contributed by atoms with Crippen LogP contribution in [0.1, 0.15) is 13.3 Å². The highest BCUT2D eigenvalue weighted by atomic mass is 32.2. The Balaban J connectivity index is 2.53. The molecular formula is C8H18N2OS. The molecule has 3 nitrogen and oxygen atoms in total. The molecule has 1 fully saturated rings. The molecule has 1 aliphatic rings. The van der Waals surface area contributed by atoms with Gasteiger partial charge in [-0.05, 0) is 31.1 Å². The van der Waals surface area contributed by atoms with Crippen molar-refractivity contribution in [2.75, 3.05) is 12.8 Å². The molecule has 4 N–H and O–H groups in total. The predicted octanol–water partition coefficient (Wildman–Crippen LogP) is 0.198. The Bertz CT molecular complexity index is 145. The number of hydrogen-bond donors (Lipinski definition) is 3. The highest BCUT2D eigenvalue weighted by molar-refractivity contribution is 7.96. The van der Waals surface area contributed by atoms with Gasteiger partial charge in [0.1, 0.15) is 0 Å². The van der Waals surface area contributed by atoms with Gasteiger partial charge in [-0.25, -0.2) is 0 Å². The van der Waals surface area contributed by atoms with Crippen LogP contribution in [0.4, 0.5) is 0 Å². The topological polar surface area (TPSA) is 58.3 Å². The molecule has 12 heavy (non-hydrogen) atoms. The maximum absolute atomic E-state index is 9.76. The SMILES string of the molecule is CSNC1C(CN)CC(C)C1O. The van der Waals surface area contributed by atoms with Crippen molar-refractivity contribution in [3.05, 3.63) is 0 Å². The van der Waals surface area contributed by atoms with Crippen molar-refractivity contribution in [3.8, 4) is 0 Å². The van der Waals surface area contributed by atoms with Crippen LogP contribution in [0.5, 0.6) is 0 Å². The first kappa shape index (κ1) is 10.3. The molecule has 0 spiro atoms. The second kappa shape index (κ2) is 4.46. The monoisotopic (exact) mass is 190 g/mol. The van der Waals surface area contributed by atoms with Gasteiger partial charge in [0.2, 0.25) is 0 Å². The first-order valence-corrected chi connectivity index (χ1v) is 5.59. The lowest BCUT2D eigenvalue weighted by Crippen LogP contribution is -2.40. The summed E-state index contributed by atoms with van der Waals surface area (Å²) in [6.07, 6.45) is 2.78. The van der Waals surface area contributed by atoms with E-state index in [1.54, 1.807) is 11.9 Å². The lowest BCUT2D eigenvalue weighted by Gasteiger charge is -2.21. The number of nitrogens with one attached hydrogen (secondary N) is 1. The molecule has 0 saturated heterocycles. The van der Waals surface area contributed by atoms with Gasteiger partial charge < -0.3 is 10.8 Å². The van der Waals surface area contributed by atoms with Gasteiger partial charge in [-0.2, -0.15) is 0 Å². The Morgan fingerprint density at radius 3 is 2.83 bits per heavy atom. The Labute approximate surface area is 78.2 Å². The molecule has 1 rings (SSSR count). The lowest BCUT2D eigenvalue weighted by atomic mass is 10.0. The first-order valence-electron chi connectivity index (χ1n) is 4.37. The van der Waals surface area contributed by atoms with Crippen LogP contribution in [-0.4, -0.2) is 30.1 Å². The van der Waals surface area contributed by atoms with Crippen LogP contribution in [0.15, 0.2) is 0 Å². The summed E-state index contributed by atoms with van der Waals surface area (Å²) in [6, 6.07) is 0.181. The number of nitrogens with two attached hydrogens (primary N) is 1. The minimum atomic E-state index is -0.231. The van der Waals surface area contributed by atoms with E-state index in [0.717, 1.165) is 6.42 Å². The molecule has 72 valence electrons. The zero-order valence-electron chi connectivity index (χ0n) is 7.66. The fourth-order valence-electron chi connectivity index (χ4n) is 1.94. The summed E-state index contributed by atoms with van der Waals surface area (Å²) in [4.78, 5) is 0. The average Bonchev–Trinajstić information content (AvgIpc) is 2.33. The minimum Gasteiger partial charge on any atom is -0.391 e. The Morgan fingerprint density at radius 1 is 1.67 bits per heavy atom. The van der Waals surface area contributed by atoms with Gasteiger partial charge in [0.15, 0.2) is 0 Å². The molecule has 1 aliphatic carbocycles. The van der Waals surface area contributed by atoms with Crippen molar-refractivity contribution >= 4 is 11.9 Å². The van der Waals surface area contributed by atoms with Crippen molar-refractivity contribution in [1.29, 1.82) is 0 Å². The van der Waals surface area contributed by atoms with Gasteiger partial charge >= 0.3 is 0 Å². The maximum atomic E-state index is 9.76. The van der Waals surface area contributed by atoms with E-state index in [4.69, 9.17) is 5.73 Å². The van der Waals surface area contributed by atoms with E-state index >= 15 is 0 Å². The zero-order chi connectivity index (χ0) is 9.14. The lowest BCUT2D eigenvalue weighted by molar-refractivity contribution is 0.118. The van der Waals surface area contributed by atoms with Crippen molar-refractivity contribution in [2.24, 2.45) is 17.6 Å². The minimum absolute atomic E-state index is 0.181. The molecule has 0 bridgehead atoms. The Morgan fingerprint density at radius 2 is 2.33 bits per heavy atom. The summed E-state index contributed by atoms with van der Waals surface area (Å²) in [5.74, 6) is 0.811. The van der Waals surface area contributed by atoms with Crippen LogP contribution in [0.2, 0.25) is 0 Å². The maximum Gasteiger partial charge on any atom is 0.0730 e. The molecule has 4 unspecified atom stereocenters. The number of rotatable bonds is 3. The summed E-state index contributed by atoms with van der Waals surface area (Å²) in [7, 11) is 0. The van der Waals surface area contributed by atoms with Gasteiger partial charge in [0.25, 0.3) is 0 Å². The average molecular weight is 190 g/mol. The predicted molar refractivity (Wildman–Crippen MR) is 52.8 cm³/mol. The molecule has 0 radical (unpaired) electrons. The summed E-state index contributed by atoms with van der Waals surface area (Å²) in [6.45, 7) is 2.74. The van der Waals surface area contributed by atoms with E-state index in [1.165, 1.54) is 0 Å². The zero-order valence-corrected chi connectivity index (χ0v) is 8.47. The standard InChI is InChI=1S/C8H18N2OS/c1-5-3-6(4-9)7(8(5)11)10-12-2/h5-8,10-11H,3-4,9H2,1-2H3. The summed E-state index contributed by atoms with van der Waals surface area (Å²) >= 11 is 1.56. The molecule has 0 aromatic rings. The van der Waals surface area contributed by atoms with Gasteiger partial charge in [-0.15, -0.1) is 0 Å². The van der Waals surface area contributed by atoms with E-state index < -0.39 is 0 Å². The van der Waals surface area contributed by atoms with Crippen LogP contribution in [0.3, 0.4) is 0 Å². The van der Waals surface area contributed by atoms with Gasteiger partial charge in [-0.3, -0.25) is 4.72 Å². The molecule has 0 aromatic heterocycles. The fourth-order valence-corrected chi connectivity index (χ4v) is 2.55. The largest absolute Gasteiger partial charge is 0.391 e. The molecular weight excluding hydrogens is 172 g/mol. The van der Waals surface area contributed by atoms with Crippen molar-refractivity contribution in [2.45, 2.75) is 25.5 Å². The smallest absolute Gasteiger partial charge is 0.0730 e. The second-order valence-corrected chi connectivity index (χ2v) is 4.19. The molecule has 0 aliphatic heterocycles. The highest BCUT2D eigenvalue weighted by Gasteiger charge is 2.38. The van der Waals surface area contributed by atoms with Gasteiger partial charge in [0, 0.05) is 6.04 Å². The van der Waals surface area contributed by atoms with Crippen molar-refractivity contribution in [1.82, 2.24) is 4.72 Å². The summed E-state index contributed by atoms with van der Waals surface area (Å²) < 4.78 is 3.21. The van der Waals surface area contributed by atoms with E-state index in [0.29, 0.717) is 18.4 Å². The summed E-state index contributed by atoms with van der Waals surface area (Å²) in [5, 5.41) is 9.76. The van der Waals surface area contributed by atoms with Crippen LogP contribution >= 0.6 is 11.9 Å². The van der Waals surface area contributed by atoms with E-state index in [9.17, 15) is 5.11 Å². The number of aliphatic hydroxyl groups excluding tert-OH is 1. The van der Waals surface area contributed by atoms with E-state index in [1.807, 2.05) is 6.26 Å². The van der Waals surface area contributed by atoms with Crippen LogP contribution < -0.4 is 10.5 Å². The Kier molecular flexibility index (Phi) is 3.83. The van der Waals surface area contributed by atoms with Crippen LogP contribution in [0, 0.1) is 11.8 Å². The van der Waals surface area contributed by atoms with E-state index in [2.05, 4.69) is 11.6 Å². The molecule has 0 aromatic carbocycles. The third-order valence-corrected chi connectivity index (χ3v) is 3.20. The molecule has 4 atom stereocenters. The molecule has 0 heterocycles. The van der Waals surface area contributed by atoms with Crippen molar-refractivity contribution < 1.29 is 5.11 Å². The van der Waals surface area contributed by atoms with Crippen molar-refractivity contribution in [3.63, 3.8) is 0 Å². The van der Waals surface area contributed by atoms with Gasteiger partial charge in [0.05, 0.1) is 6.10 Å². The molecule has 1 saturated carbocycles. The molecule has 4 heteroatoms. The van der Waals surface area contributed by atoms with Gasteiger partial charge in [-0.1, -0.05) is 18.9 Å². The quantitative estimate of drug-likeness (QED) is 0.556. The number of aliphatic hydroxyl groups is 1. The number of hydrogen-bond acceptors (Lipinski definition) is 4. The van der Waals surface area contributed by atoms with E-state index in [-0.39, 0.29) is 12.1 Å². The Hall–Kier alpha value is 0.230. The normalized spacial score (nSPS) is 42.0. The van der Waals surface area contributed by atoms with Crippen LogP contribution in [-0.2, 0) is 0 Å². The third-order valence-electron chi connectivity index (χ3n) is 2.69. The van der Waals surface area contributed by atoms with Crippen LogP contribution in [0.25, 0.3) is 0 Å². The first-order chi connectivity index (χ1) is 5.70. The third kappa shape index (κ3) is 1.93. The second-order valence-electron chi connectivity index (χ2n) is 3.55. The summed E-state index contributed by atoms with van der Waals surface area (Å²) in [5.41, 5.74) is 5.62.